The number of carbonyl (C=O) groups excluding carboxylic acids is 2. The summed E-state index contributed by atoms with van der Waals surface area (Å²) in [6.07, 6.45) is 0. The van der Waals surface area contributed by atoms with Crippen LogP contribution >= 0.6 is 0 Å². The van der Waals surface area contributed by atoms with E-state index in [4.69, 9.17) is 9.47 Å². The summed E-state index contributed by atoms with van der Waals surface area (Å²) in [6.45, 7) is 1.22. The molecule has 150 valence electrons. The normalized spacial score (nSPS) is 11.2. The number of nitrogens with zero attached hydrogens (tertiary/aromatic N) is 1. The molecule has 0 unspecified atom stereocenters. The van der Waals surface area contributed by atoms with Gasteiger partial charge in [0.05, 0.1) is 17.6 Å². The minimum Gasteiger partial charge on any atom is -0.497 e. The molecule has 0 aliphatic heterocycles. The van der Waals surface area contributed by atoms with Crippen molar-refractivity contribution in [3.05, 3.63) is 53.6 Å². The predicted molar refractivity (Wildman–Crippen MR) is 104 cm³/mol. The summed E-state index contributed by atoms with van der Waals surface area (Å²) in [5.41, 5.74) is 1.28. The van der Waals surface area contributed by atoms with Gasteiger partial charge in [-0.1, -0.05) is 6.07 Å². The number of carbonyl (C=O) groups is 2. The Balaban J connectivity index is 2.03. The summed E-state index contributed by atoms with van der Waals surface area (Å²) in [7, 11) is 0.725. The Labute approximate surface area is 164 Å². The monoisotopic (exact) mass is 406 g/mol. The lowest BCUT2D eigenvalue weighted by Crippen LogP contribution is -2.23. The highest BCUT2D eigenvalue weighted by Gasteiger charge is 2.19. The Hall–Kier alpha value is -2.91. The summed E-state index contributed by atoms with van der Waals surface area (Å²) in [5, 5.41) is 2.57. The lowest BCUT2D eigenvalue weighted by atomic mass is 10.2. The first-order valence-corrected chi connectivity index (χ1v) is 9.73. The Morgan fingerprint density at radius 2 is 1.71 bits per heavy atom. The van der Waals surface area contributed by atoms with Crippen LogP contribution in [0.15, 0.2) is 47.4 Å². The van der Waals surface area contributed by atoms with E-state index in [-0.39, 0.29) is 10.5 Å². The molecule has 0 aromatic heterocycles. The number of nitrogens with one attached hydrogen (secondary N) is 1. The van der Waals surface area contributed by atoms with Crippen LogP contribution in [0.2, 0.25) is 0 Å². The van der Waals surface area contributed by atoms with Crippen LogP contribution in [-0.2, 0) is 19.6 Å². The zero-order valence-corrected chi connectivity index (χ0v) is 16.9. The van der Waals surface area contributed by atoms with Crippen LogP contribution in [0.1, 0.15) is 15.9 Å². The third-order valence-corrected chi connectivity index (χ3v) is 5.73. The minimum atomic E-state index is -3.63. The SMILES string of the molecule is COc1ccc(C(=O)OCC(=O)Nc2cc(S(=O)(=O)N(C)C)ccc2C)cc1. The van der Waals surface area contributed by atoms with Gasteiger partial charge in [0.1, 0.15) is 5.75 Å². The van der Waals surface area contributed by atoms with Gasteiger partial charge in [0.25, 0.3) is 5.91 Å². The molecule has 0 aliphatic rings. The van der Waals surface area contributed by atoms with Crippen LogP contribution in [0.3, 0.4) is 0 Å². The molecule has 2 aromatic carbocycles. The number of hydrogen-bond donors (Lipinski definition) is 1. The van der Waals surface area contributed by atoms with E-state index < -0.39 is 28.5 Å². The van der Waals surface area contributed by atoms with Gasteiger partial charge in [-0.05, 0) is 48.9 Å². The van der Waals surface area contributed by atoms with E-state index in [2.05, 4.69) is 5.32 Å². The molecule has 0 radical (unpaired) electrons. The second-order valence-electron chi connectivity index (χ2n) is 6.12. The van der Waals surface area contributed by atoms with Crippen molar-refractivity contribution in [2.45, 2.75) is 11.8 Å². The Morgan fingerprint density at radius 1 is 1.07 bits per heavy atom. The van der Waals surface area contributed by atoms with Gasteiger partial charge in [-0.15, -0.1) is 0 Å². The first-order chi connectivity index (χ1) is 13.1. The Bertz CT molecular complexity index is 968. The van der Waals surface area contributed by atoms with Crippen LogP contribution in [0.25, 0.3) is 0 Å². The molecule has 0 saturated heterocycles. The first kappa shape index (κ1) is 21.4. The Kier molecular flexibility index (Phi) is 6.76. The number of anilines is 1. The molecule has 28 heavy (non-hydrogen) atoms. The fourth-order valence-electron chi connectivity index (χ4n) is 2.23. The number of methoxy groups -OCH3 is 1. The zero-order valence-electron chi connectivity index (χ0n) is 16.1. The highest BCUT2D eigenvalue weighted by molar-refractivity contribution is 7.89. The third kappa shape index (κ3) is 5.08. The zero-order chi connectivity index (χ0) is 20.9. The van der Waals surface area contributed by atoms with E-state index in [1.807, 2.05) is 0 Å². The quantitative estimate of drug-likeness (QED) is 0.706. The van der Waals surface area contributed by atoms with Gasteiger partial charge < -0.3 is 14.8 Å². The molecule has 9 heteroatoms. The number of benzene rings is 2. The van der Waals surface area contributed by atoms with Crippen molar-refractivity contribution < 1.29 is 27.5 Å². The van der Waals surface area contributed by atoms with Crippen molar-refractivity contribution in [3.8, 4) is 5.75 Å². The van der Waals surface area contributed by atoms with Crippen LogP contribution in [-0.4, -0.2) is 52.4 Å². The summed E-state index contributed by atoms with van der Waals surface area (Å²) < 4.78 is 35.6. The standard InChI is InChI=1S/C19H22N2O6S/c1-13-5-10-16(28(24,25)21(2)3)11-17(13)20-18(22)12-27-19(23)14-6-8-15(26-4)9-7-14/h5-11H,12H2,1-4H3,(H,20,22). The van der Waals surface area contributed by atoms with E-state index in [1.165, 1.54) is 45.5 Å². The first-order valence-electron chi connectivity index (χ1n) is 8.29. The van der Waals surface area contributed by atoms with E-state index >= 15 is 0 Å². The van der Waals surface area contributed by atoms with Crippen molar-refractivity contribution in [2.75, 3.05) is 33.1 Å². The van der Waals surface area contributed by atoms with Gasteiger partial charge in [-0.2, -0.15) is 0 Å². The topological polar surface area (TPSA) is 102 Å². The second-order valence-corrected chi connectivity index (χ2v) is 8.27. The summed E-state index contributed by atoms with van der Waals surface area (Å²) in [5.74, 6) is -0.639. The predicted octanol–water partition coefficient (Wildman–Crippen LogP) is 2.05. The minimum absolute atomic E-state index is 0.0497. The highest BCUT2D eigenvalue weighted by Crippen LogP contribution is 2.22. The van der Waals surface area contributed by atoms with E-state index in [0.717, 1.165) is 4.31 Å². The molecule has 2 rings (SSSR count). The van der Waals surface area contributed by atoms with Crippen molar-refractivity contribution >= 4 is 27.6 Å². The van der Waals surface area contributed by atoms with Gasteiger partial charge in [0, 0.05) is 19.8 Å². The summed E-state index contributed by atoms with van der Waals surface area (Å²) in [4.78, 5) is 24.2. The molecule has 1 amide bonds. The molecule has 0 fully saturated rings. The molecule has 0 bridgehead atoms. The number of hydrogen-bond acceptors (Lipinski definition) is 6. The maximum Gasteiger partial charge on any atom is 0.338 e. The van der Waals surface area contributed by atoms with Gasteiger partial charge in [0.2, 0.25) is 10.0 Å². The van der Waals surface area contributed by atoms with E-state index in [1.54, 1.807) is 25.1 Å². The van der Waals surface area contributed by atoms with E-state index in [9.17, 15) is 18.0 Å². The van der Waals surface area contributed by atoms with Crippen molar-refractivity contribution in [1.82, 2.24) is 4.31 Å². The van der Waals surface area contributed by atoms with Crippen LogP contribution < -0.4 is 10.1 Å². The lowest BCUT2D eigenvalue weighted by molar-refractivity contribution is -0.119. The van der Waals surface area contributed by atoms with Crippen LogP contribution in [0.4, 0.5) is 5.69 Å². The molecule has 2 aromatic rings. The molecule has 0 spiro atoms. The number of sulfonamides is 1. The fraction of sp³-hybridized carbons (Fsp3) is 0.263. The number of esters is 1. The molecule has 0 atom stereocenters. The lowest BCUT2D eigenvalue weighted by Gasteiger charge is -2.14. The van der Waals surface area contributed by atoms with Gasteiger partial charge >= 0.3 is 5.97 Å². The largest absolute Gasteiger partial charge is 0.497 e. The molecule has 8 nitrogen and oxygen atoms in total. The Morgan fingerprint density at radius 3 is 2.29 bits per heavy atom. The molecule has 0 heterocycles. The number of aryl methyl sites for hydroxylation is 1. The highest BCUT2D eigenvalue weighted by atomic mass is 32.2. The van der Waals surface area contributed by atoms with Crippen LogP contribution in [0.5, 0.6) is 5.75 Å². The van der Waals surface area contributed by atoms with Crippen molar-refractivity contribution in [1.29, 1.82) is 0 Å². The maximum absolute atomic E-state index is 12.2. The smallest absolute Gasteiger partial charge is 0.338 e. The molecule has 0 saturated carbocycles. The number of rotatable bonds is 7. The molecular weight excluding hydrogens is 384 g/mol. The average molecular weight is 406 g/mol. The maximum atomic E-state index is 12.2. The number of amides is 1. The van der Waals surface area contributed by atoms with Gasteiger partial charge in [0.15, 0.2) is 6.61 Å². The van der Waals surface area contributed by atoms with Gasteiger partial charge in [-0.3, -0.25) is 4.79 Å². The van der Waals surface area contributed by atoms with Gasteiger partial charge in [-0.25, -0.2) is 17.5 Å². The van der Waals surface area contributed by atoms with E-state index in [0.29, 0.717) is 17.0 Å². The third-order valence-electron chi connectivity index (χ3n) is 3.92. The van der Waals surface area contributed by atoms with Crippen molar-refractivity contribution in [2.24, 2.45) is 0 Å². The second kappa shape index (κ2) is 8.85. The number of ether oxygens (including phenoxy) is 2. The average Bonchev–Trinajstić information content (AvgIpc) is 2.67. The molecular formula is C19H22N2O6S. The fourth-order valence-corrected chi connectivity index (χ4v) is 3.16. The summed E-state index contributed by atoms with van der Waals surface area (Å²) in [6, 6.07) is 10.7. The van der Waals surface area contributed by atoms with Crippen LogP contribution in [0, 0.1) is 6.92 Å². The molecule has 0 aliphatic carbocycles. The van der Waals surface area contributed by atoms with Crippen molar-refractivity contribution in [3.63, 3.8) is 0 Å². The summed E-state index contributed by atoms with van der Waals surface area (Å²) >= 11 is 0. The molecule has 1 N–H and O–H groups in total.